The van der Waals surface area contributed by atoms with Crippen LogP contribution in [-0.4, -0.2) is 41.8 Å². The van der Waals surface area contributed by atoms with Crippen LogP contribution in [0.15, 0.2) is 0 Å². The molecule has 0 saturated carbocycles. The maximum atomic E-state index is 12.3. The van der Waals surface area contributed by atoms with Crippen molar-refractivity contribution in [1.82, 2.24) is 4.90 Å². The number of carbonyl (C=O) groups is 1. The van der Waals surface area contributed by atoms with E-state index < -0.39 is 24.6 Å². The highest BCUT2D eigenvalue weighted by Crippen LogP contribution is 2.27. The lowest BCUT2D eigenvalue weighted by Crippen LogP contribution is -2.42. The third-order valence-corrected chi connectivity index (χ3v) is 2.51. The molecule has 0 amide bonds. The summed E-state index contributed by atoms with van der Waals surface area (Å²) in [6.45, 7) is 3.09. The van der Waals surface area contributed by atoms with E-state index in [-0.39, 0.29) is 6.04 Å². The standard InChI is InChI=1S/C9H16F3NO2/c1-4-6(2)13(3)5-7(8(14)15)9(10,11)12/h6-7H,4-5H2,1-3H3,(H,14,15). The summed E-state index contributed by atoms with van der Waals surface area (Å²) in [4.78, 5) is 11.9. The van der Waals surface area contributed by atoms with Gasteiger partial charge in [0.1, 0.15) is 0 Å². The van der Waals surface area contributed by atoms with Crippen molar-refractivity contribution in [2.24, 2.45) is 5.92 Å². The fraction of sp³-hybridized carbons (Fsp3) is 0.889. The van der Waals surface area contributed by atoms with E-state index in [1.54, 1.807) is 6.92 Å². The molecule has 0 rings (SSSR count). The number of carboxylic acid groups (broad SMARTS) is 1. The molecule has 0 spiro atoms. The third kappa shape index (κ3) is 4.51. The van der Waals surface area contributed by atoms with Crippen molar-refractivity contribution in [2.75, 3.05) is 13.6 Å². The number of hydrogen-bond donors (Lipinski definition) is 1. The highest BCUT2D eigenvalue weighted by molar-refractivity contribution is 5.71. The SMILES string of the molecule is CCC(C)N(C)CC(C(=O)O)C(F)(F)F. The second-order valence-corrected chi connectivity index (χ2v) is 3.63. The molecule has 0 radical (unpaired) electrons. The van der Waals surface area contributed by atoms with Crippen LogP contribution >= 0.6 is 0 Å². The van der Waals surface area contributed by atoms with Gasteiger partial charge in [-0.05, 0) is 20.4 Å². The van der Waals surface area contributed by atoms with Crippen LogP contribution in [0.4, 0.5) is 13.2 Å². The van der Waals surface area contributed by atoms with E-state index in [0.717, 1.165) is 0 Å². The topological polar surface area (TPSA) is 40.5 Å². The molecule has 0 aliphatic rings. The molecular formula is C9H16F3NO2. The maximum Gasteiger partial charge on any atom is 0.403 e. The van der Waals surface area contributed by atoms with Crippen LogP contribution in [0.25, 0.3) is 0 Å². The van der Waals surface area contributed by atoms with E-state index in [4.69, 9.17) is 5.11 Å². The molecule has 0 aromatic rings. The van der Waals surface area contributed by atoms with E-state index in [0.29, 0.717) is 6.42 Å². The maximum absolute atomic E-state index is 12.3. The third-order valence-electron chi connectivity index (χ3n) is 2.51. The minimum atomic E-state index is -4.69. The molecule has 0 aliphatic heterocycles. The molecule has 0 bridgehead atoms. The normalized spacial score (nSPS) is 16.5. The van der Waals surface area contributed by atoms with Crippen molar-refractivity contribution in [3.05, 3.63) is 0 Å². The number of rotatable bonds is 5. The predicted octanol–water partition coefficient (Wildman–Crippen LogP) is 1.98. The first-order valence-electron chi connectivity index (χ1n) is 4.69. The summed E-state index contributed by atoms with van der Waals surface area (Å²) >= 11 is 0. The quantitative estimate of drug-likeness (QED) is 0.780. The first-order valence-corrected chi connectivity index (χ1v) is 4.69. The van der Waals surface area contributed by atoms with Crippen LogP contribution < -0.4 is 0 Å². The monoisotopic (exact) mass is 227 g/mol. The van der Waals surface area contributed by atoms with Crippen LogP contribution in [0.2, 0.25) is 0 Å². The van der Waals surface area contributed by atoms with Gasteiger partial charge in [0, 0.05) is 12.6 Å². The Balaban J connectivity index is 4.50. The van der Waals surface area contributed by atoms with Gasteiger partial charge in [0.05, 0.1) is 0 Å². The molecule has 0 aromatic heterocycles. The van der Waals surface area contributed by atoms with Crippen molar-refractivity contribution in [1.29, 1.82) is 0 Å². The number of hydrogen-bond acceptors (Lipinski definition) is 2. The lowest BCUT2D eigenvalue weighted by molar-refractivity contribution is -0.196. The van der Waals surface area contributed by atoms with Crippen LogP contribution in [0.3, 0.4) is 0 Å². The summed E-state index contributed by atoms with van der Waals surface area (Å²) in [6, 6.07) is -0.0609. The molecule has 0 aliphatic carbocycles. The second-order valence-electron chi connectivity index (χ2n) is 3.63. The number of carboxylic acids is 1. The van der Waals surface area contributed by atoms with Gasteiger partial charge >= 0.3 is 12.1 Å². The van der Waals surface area contributed by atoms with Crippen molar-refractivity contribution in [3.8, 4) is 0 Å². The zero-order valence-corrected chi connectivity index (χ0v) is 9.01. The summed E-state index contributed by atoms with van der Waals surface area (Å²) in [5.74, 6) is -4.13. The second kappa shape index (κ2) is 5.34. The Kier molecular flexibility index (Phi) is 5.07. The molecular weight excluding hydrogens is 211 g/mol. The highest BCUT2D eigenvalue weighted by Gasteiger charge is 2.45. The molecule has 15 heavy (non-hydrogen) atoms. The Bertz CT molecular complexity index is 218. The minimum absolute atomic E-state index is 0.0609. The van der Waals surface area contributed by atoms with Gasteiger partial charge < -0.3 is 10.0 Å². The Morgan fingerprint density at radius 1 is 1.47 bits per heavy atom. The molecule has 0 heterocycles. The smallest absolute Gasteiger partial charge is 0.403 e. The number of nitrogens with zero attached hydrogens (tertiary/aromatic N) is 1. The van der Waals surface area contributed by atoms with Gasteiger partial charge in [-0.25, -0.2) is 0 Å². The highest BCUT2D eigenvalue weighted by atomic mass is 19.4. The number of aliphatic carboxylic acids is 1. The molecule has 3 nitrogen and oxygen atoms in total. The first kappa shape index (κ1) is 14.2. The van der Waals surface area contributed by atoms with Crippen LogP contribution in [0.1, 0.15) is 20.3 Å². The van der Waals surface area contributed by atoms with Crippen LogP contribution in [0, 0.1) is 5.92 Å². The largest absolute Gasteiger partial charge is 0.481 e. The summed E-state index contributed by atoms with van der Waals surface area (Å²) in [7, 11) is 1.50. The van der Waals surface area contributed by atoms with E-state index >= 15 is 0 Å². The molecule has 1 N–H and O–H groups in total. The molecule has 90 valence electrons. The summed E-state index contributed by atoms with van der Waals surface area (Å²) in [5.41, 5.74) is 0. The Morgan fingerprint density at radius 2 is 1.93 bits per heavy atom. The molecule has 0 fully saturated rings. The fourth-order valence-corrected chi connectivity index (χ4v) is 1.10. The fourth-order valence-electron chi connectivity index (χ4n) is 1.10. The predicted molar refractivity (Wildman–Crippen MR) is 49.6 cm³/mol. The minimum Gasteiger partial charge on any atom is -0.481 e. The van der Waals surface area contributed by atoms with E-state index in [9.17, 15) is 18.0 Å². The Labute approximate surface area is 86.9 Å². The molecule has 6 heteroatoms. The van der Waals surface area contributed by atoms with Gasteiger partial charge in [-0.1, -0.05) is 6.92 Å². The molecule has 0 saturated heterocycles. The van der Waals surface area contributed by atoms with Crippen molar-refractivity contribution < 1.29 is 23.1 Å². The van der Waals surface area contributed by atoms with Crippen molar-refractivity contribution >= 4 is 5.97 Å². The van der Waals surface area contributed by atoms with Gasteiger partial charge in [-0.15, -0.1) is 0 Å². The van der Waals surface area contributed by atoms with Gasteiger partial charge in [-0.2, -0.15) is 13.2 Å². The summed E-state index contributed by atoms with van der Waals surface area (Å²) in [5, 5.41) is 8.47. The van der Waals surface area contributed by atoms with Gasteiger partial charge in [-0.3, -0.25) is 4.79 Å². The zero-order chi connectivity index (χ0) is 12.2. The summed E-state index contributed by atoms with van der Waals surface area (Å²) < 4.78 is 36.9. The number of alkyl halides is 3. The summed E-state index contributed by atoms with van der Waals surface area (Å²) in [6.07, 6.45) is -4.01. The van der Waals surface area contributed by atoms with Crippen molar-refractivity contribution in [3.63, 3.8) is 0 Å². The van der Waals surface area contributed by atoms with Crippen LogP contribution in [-0.2, 0) is 4.79 Å². The van der Waals surface area contributed by atoms with Gasteiger partial charge in [0.2, 0.25) is 0 Å². The van der Waals surface area contributed by atoms with Gasteiger partial charge in [0.25, 0.3) is 0 Å². The average Bonchev–Trinajstić information content (AvgIpc) is 2.09. The lowest BCUT2D eigenvalue weighted by Gasteiger charge is -2.27. The number of halogens is 3. The van der Waals surface area contributed by atoms with Crippen molar-refractivity contribution in [2.45, 2.75) is 32.5 Å². The zero-order valence-electron chi connectivity index (χ0n) is 9.01. The Morgan fingerprint density at radius 3 is 2.20 bits per heavy atom. The average molecular weight is 227 g/mol. The molecule has 2 unspecified atom stereocenters. The molecule has 2 atom stereocenters. The lowest BCUT2D eigenvalue weighted by atomic mass is 10.1. The van der Waals surface area contributed by atoms with E-state index in [1.165, 1.54) is 11.9 Å². The van der Waals surface area contributed by atoms with Gasteiger partial charge in [0.15, 0.2) is 5.92 Å². The van der Waals surface area contributed by atoms with E-state index in [1.807, 2.05) is 6.92 Å². The first-order chi connectivity index (χ1) is 6.70. The van der Waals surface area contributed by atoms with Crippen LogP contribution in [0.5, 0.6) is 0 Å². The van der Waals surface area contributed by atoms with E-state index in [2.05, 4.69) is 0 Å². The Hall–Kier alpha value is -0.780. The molecule has 0 aromatic carbocycles.